The molecular formula is C23H24ClN3O3S. The number of ether oxygens (including phenoxy) is 2. The van der Waals surface area contributed by atoms with Gasteiger partial charge in [0.15, 0.2) is 0 Å². The van der Waals surface area contributed by atoms with Gasteiger partial charge in [-0.1, -0.05) is 29.8 Å². The zero-order valence-corrected chi connectivity index (χ0v) is 19.0. The molecule has 1 N–H and O–H groups in total. The van der Waals surface area contributed by atoms with Gasteiger partial charge in [0, 0.05) is 34.7 Å². The van der Waals surface area contributed by atoms with Gasteiger partial charge in [0.25, 0.3) is 5.91 Å². The topological polar surface area (TPSA) is 67.5 Å². The highest BCUT2D eigenvalue weighted by atomic mass is 35.5. The number of aromatic nitrogens is 2. The number of methoxy groups -OCH3 is 2. The molecule has 0 aliphatic carbocycles. The average molecular weight is 458 g/mol. The summed E-state index contributed by atoms with van der Waals surface area (Å²) < 4.78 is 10.8. The Balaban J connectivity index is 1.50. The molecule has 1 fully saturated rings. The summed E-state index contributed by atoms with van der Waals surface area (Å²) in [7, 11) is 3.21. The Labute approximate surface area is 190 Å². The van der Waals surface area contributed by atoms with E-state index >= 15 is 0 Å². The van der Waals surface area contributed by atoms with Gasteiger partial charge in [0.05, 0.1) is 19.9 Å². The lowest BCUT2D eigenvalue weighted by Crippen LogP contribution is -2.33. The first-order valence-electron chi connectivity index (χ1n) is 10.0. The van der Waals surface area contributed by atoms with Crippen molar-refractivity contribution in [2.24, 2.45) is 0 Å². The largest absolute Gasteiger partial charge is 0.497 e. The molecule has 31 heavy (non-hydrogen) atoms. The van der Waals surface area contributed by atoms with Crippen molar-refractivity contribution in [2.75, 3.05) is 33.1 Å². The Morgan fingerprint density at radius 1 is 1.16 bits per heavy atom. The minimum Gasteiger partial charge on any atom is -0.497 e. The minimum absolute atomic E-state index is 0.0546. The first-order chi connectivity index (χ1) is 15.1. The lowest BCUT2D eigenvalue weighted by atomic mass is 10.1. The van der Waals surface area contributed by atoms with Crippen LogP contribution in [0.2, 0.25) is 5.02 Å². The van der Waals surface area contributed by atoms with Crippen LogP contribution in [-0.2, 0) is 0 Å². The number of hydrogen-bond donors (Lipinski definition) is 1. The Bertz CT molecular complexity index is 1070. The molecule has 1 aliphatic rings. The number of carbonyl (C=O) groups is 1. The fourth-order valence-corrected chi connectivity index (χ4v) is 5.31. The van der Waals surface area contributed by atoms with E-state index in [1.165, 1.54) is 0 Å². The van der Waals surface area contributed by atoms with Gasteiger partial charge in [-0.2, -0.15) is 16.9 Å². The Kier molecular flexibility index (Phi) is 6.73. The number of aromatic amines is 1. The molecule has 6 nitrogen and oxygen atoms in total. The number of nitrogens with one attached hydrogen (secondary N) is 1. The fourth-order valence-electron chi connectivity index (χ4n) is 3.71. The van der Waals surface area contributed by atoms with E-state index in [0.717, 1.165) is 28.3 Å². The highest BCUT2D eigenvalue weighted by Gasteiger charge is 2.25. The summed E-state index contributed by atoms with van der Waals surface area (Å²) in [6.45, 7) is 1.35. The molecular weight excluding hydrogens is 434 g/mol. The summed E-state index contributed by atoms with van der Waals surface area (Å²) in [6.07, 6.45) is 0.852. The van der Waals surface area contributed by atoms with E-state index < -0.39 is 0 Å². The fraction of sp³-hybridized carbons (Fsp3) is 0.304. The van der Waals surface area contributed by atoms with Crippen LogP contribution in [0.1, 0.15) is 27.7 Å². The van der Waals surface area contributed by atoms with Crippen molar-refractivity contribution >= 4 is 29.3 Å². The highest BCUT2D eigenvalue weighted by Crippen LogP contribution is 2.38. The number of H-pyrrole nitrogens is 1. The number of thioether (sulfide) groups is 1. The van der Waals surface area contributed by atoms with E-state index in [1.54, 1.807) is 20.3 Å². The second-order valence-corrected chi connectivity index (χ2v) is 8.91. The molecule has 0 saturated carbocycles. The normalized spacial score (nSPS) is 16.6. The monoisotopic (exact) mass is 457 g/mol. The van der Waals surface area contributed by atoms with E-state index in [4.69, 9.17) is 21.1 Å². The standard InChI is InChI=1S/C23H24ClN3O3S/c1-29-15-7-8-21(30-2)17(13-15)19-14-20(26-25-19)23(28)27-10-9-22(31-12-11-27)16-5-3-4-6-18(16)24/h3-8,13-14,22H,9-12H2,1-2H3,(H,25,26). The summed E-state index contributed by atoms with van der Waals surface area (Å²) in [5.41, 5.74) is 3.00. The molecule has 1 unspecified atom stereocenters. The van der Waals surface area contributed by atoms with Gasteiger partial charge in [0.1, 0.15) is 17.2 Å². The highest BCUT2D eigenvalue weighted by molar-refractivity contribution is 7.99. The minimum atomic E-state index is -0.0546. The third-order valence-corrected chi connectivity index (χ3v) is 7.03. The zero-order valence-electron chi connectivity index (χ0n) is 17.4. The van der Waals surface area contributed by atoms with E-state index in [-0.39, 0.29) is 11.2 Å². The van der Waals surface area contributed by atoms with E-state index in [0.29, 0.717) is 36.0 Å². The van der Waals surface area contributed by atoms with Gasteiger partial charge in [-0.25, -0.2) is 0 Å². The summed E-state index contributed by atoms with van der Waals surface area (Å²) in [5.74, 6) is 2.16. The van der Waals surface area contributed by atoms with Crippen LogP contribution in [0.15, 0.2) is 48.5 Å². The quantitative estimate of drug-likeness (QED) is 0.579. The smallest absolute Gasteiger partial charge is 0.271 e. The first kappa shape index (κ1) is 21.6. The van der Waals surface area contributed by atoms with Gasteiger partial charge in [-0.3, -0.25) is 9.89 Å². The van der Waals surface area contributed by atoms with Crippen molar-refractivity contribution in [3.05, 3.63) is 64.8 Å². The van der Waals surface area contributed by atoms with Crippen LogP contribution in [0, 0.1) is 0 Å². The number of amides is 1. The molecule has 0 spiro atoms. The van der Waals surface area contributed by atoms with Crippen LogP contribution in [0.3, 0.4) is 0 Å². The number of hydrogen-bond acceptors (Lipinski definition) is 5. The molecule has 3 aromatic rings. The van der Waals surface area contributed by atoms with Crippen LogP contribution in [0.4, 0.5) is 0 Å². The number of nitrogens with zero attached hydrogens (tertiary/aromatic N) is 2. The third-order valence-electron chi connectivity index (χ3n) is 5.37. The molecule has 1 aliphatic heterocycles. The second kappa shape index (κ2) is 9.66. The maximum atomic E-state index is 13.1. The predicted molar refractivity (Wildman–Crippen MR) is 124 cm³/mol. The van der Waals surface area contributed by atoms with E-state index in [9.17, 15) is 4.79 Å². The van der Waals surface area contributed by atoms with E-state index in [2.05, 4.69) is 16.3 Å². The van der Waals surface area contributed by atoms with Crippen molar-refractivity contribution in [2.45, 2.75) is 11.7 Å². The zero-order chi connectivity index (χ0) is 21.8. The van der Waals surface area contributed by atoms with Crippen LogP contribution in [0.5, 0.6) is 11.5 Å². The molecule has 1 amide bonds. The number of carbonyl (C=O) groups excluding carboxylic acids is 1. The SMILES string of the molecule is COc1ccc(OC)c(-c2cc(C(=O)N3CCSC(c4ccccc4Cl)CC3)[nH]n2)c1. The van der Waals surface area contributed by atoms with Gasteiger partial charge in [-0.05, 0) is 42.3 Å². The van der Waals surface area contributed by atoms with Gasteiger partial charge in [-0.15, -0.1) is 0 Å². The summed E-state index contributed by atoms with van der Waals surface area (Å²) >= 11 is 8.23. The lowest BCUT2D eigenvalue weighted by molar-refractivity contribution is 0.0760. The van der Waals surface area contributed by atoms with Crippen molar-refractivity contribution in [1.82, 2.24) is 15.1 Å². The van der Waals surface area contributed by atoms with Crippen LogP contribution in [-0.4, -0.2) is 54.1 Å². The third kappa shape index (κ3) is 4.67. The van der Waals surface area contributed by atoms with Crippen molar-refractivity contribution in [3.8, 4) is 22.8 Å². The predicted octanol–water partition coefficient (Wildman–Crippen LogP) is 5.07. The number of benzene rings is 2. The van der Waals surface area contributed by atoms with Crippen LogP contribution < -0.4 is 9.47 Å². The summed E-state index contributed by atoms with van der Waals surface area (Å²) in [4.78, 5) is 15.0. The summed E-state index contributed by atoms with van der Waals surface area (Å²) in [5, 5.41) is 8.32. The molecule has 1 atom stereocenters. The molecule has 2 aromatic carbocycles. The Morgan fingerprint density at radius 2 is 2.00 bits per heavy atom. The Morgan fingerprint density at radius 3 is 2.77 bits per heavy atom. The maximum Gasteiger partial charge on any atom is 0.271 e. The van der Waals surface area contributed by atoms with Gasteiger partial charge in [0.2, 0.25) is 0 Å². The molecule has 4 rings (SSSR count). The van der Waals surface area contributed by atoms with Crippen LogP contribution in [0.25, 0.3) is 11.3 Å². The Hall–Kier alpha value is -2.64. The second-order valence-electron chi connectivity index (χ2n) is 7.19. The molecule has 0 radical (unpaired) electrons. The lowest BCUT2D eigenvalue weighted by Gasteiger charge is -2.19. The van der Waals surface area contributed by atoms with Crippen LogP contribution >= 0.6 is 23.4 Å². The van der Waals surface area contributed by atoms with Crippen molar-refractivity contribution in [1.29, 1.82) is 0 Å². The summed E-state index contributed by atoms with van der Waals surface area (Å²) in [6, 6.07) is 15.2. The number of rotatable bonds is 5. The molecule has 8 heteroatoms. The maximum absolute atomic E-state index is 13.1. The molecule has 0 bridgehead atoms. The average Bonchev–Trinajstić information content (AvgIpc) is 3.17. The molecule has 1 aromatic heterocycles. The van der Waals surface area contributed by atoms with Crippen molar-refractivity contribution < 1.29 is 14.3 Å². The molecule has 1 saturated heterocycles. The van der Waals surface area contributed by atoms with Gasteiger partial charge < -0.3 is 14.4 Å². The first-order valence-corrected chi connectivity index (χ1v) is 11.5. The number of halogens is 1. The molecule has 162 valence electrons. The molecule has 2 heterocycles. The van der Waals surface area contributed by atoms with E-state index in [1.807, 2.05) is 53.1 Å². The van der Waals surface area contributed by atoms with Crippen molar-refractivity contribution in [3.63, 3.8) is 0 Å². The van der Waals surface area contributed by atoms with Gasteiger partial charge >= 0.3 is 0 Å².